The normalized spacial score (nSPS) is 15.9. The van der Waals surface area contributed by atoms with E-state index in [2.05, 4.69) is 31.9 Å². The number of ether oxygens (including phenoxy) is 1. The molecule has 1 N–H and O–H groups in total. The van der Waals surface area contributed by atoms with Gasteiger partial charge >= 0.3 is 0 Å². The third kappa shape index (κ3) is 5.04. The molecule has 134 valence electrons. The van der Waals surface area contributed by atoms with E-state index in [1.165, 1.54) is 5.56 Å². The molecule has 0 saturated carbocycles. The number of carbonyl (C=O) groups excluding carboxylic acids is 1. The van der Waals surface area contributed by atoms with Crippen LogP contribution in [0.5, 0.6) is 5.75 Å². The number of carbonyl (C=O) groups is 1. The summed E-state index contributed by atoms with van der Waals surface area (Å²) in [5.41, 5.74) is 3.21. The van der Waals surface area contributed by atoms with Crippen LogP contribution in [-0.4, -0.2) is 55.5 Å². The molecule has 5 nitrogen and oxygen atoms in total. The molecule has 1 aromatic carbocycles. The molecule has 1 fully saturated rings. The molecule has 1 amide bonds. The number of thiophene rings is 1. The summed E-state index contributed by atoms with van der Waals surface area (Å²) in [6.45, 7) is 7.26. The number of hydrogen-bond acceptors (Lipinski definition) is 5. The summed E-state index contributed by atoms with van der Waals surface area (Å²) >= 11 is 1.74. The van der Waals surface area contributed by atoms with E-state index in [0.29, 0.717) is 12.3 Å². The number of hydrogen-bond donors (Lipinski definition) is 1. The number of methoxy groups -OCH3 is 1. The zero-order valence-electron chi connectivity index (χ0n) is 14.8. The Balaban J connectivity index is 1.47. The molecule has 2 heterocycles. The first-order valence-corrected chi connectivity index (χ1v) is 9.48. The third-order valence-electron chi connectivity index (χ3n) is 4.45. The maximum atomic E-state index is 12.4. The van der Waals surface area contributed by atoms with Gasteiger partial charge in [0, 0.05) is 32.7 Å². The Kier molecular flexibility index (Phi) is 6.07. The lowest BCUT2D eigenvalue weighted by Gasteiger charge is -2.34. The number of benzene rings is 1. The quantitative estimate of drug-likeness (QED) is 0.861. The maximum Gasteiger partial charge on any atom is 0.238 e. The van der Waals surface area contributed by atoms with Crippen molar-refractivity contribution in [1.29, 1.82) is 0 Å². The van der Waals surface area contributed by atoms with Crippen LogP contribution in [0.4, 0.5) is 5.69 Å². The fourth-order valence-electron chi connectivity index (χ4n) is 3.06. The Hall–Kier alpha value is -1.89. The number of aryl methyl sites for hydroxylation is 1. The first-order valence-electron chi connectivity index (χ1n) is 8.54. The fourth-order valence-corrected chi connectivity index (χ4v) is 3.72. The Morgan fingerprint density at radius 2 is 1.96 bits per heavy atom. The first kappa shape index (κ1) is 17.9. The summed E-state index contributed by atoms with van der Waals surface area (Å²) in [4.78, 5) is 17.0. The van der Waals surface area contributed by atoms with Gasteiger partial charge in [0.1, 0.15) is 5.75 Å². The van der Waals surface area contributed by atoms with Crippen LogP contribution in [0.3, 0.4) is 0 Å². The van der Waals surface area contributed by atoms with E-state index >= 15 is 0 Å². The average Bonchev–Trinajstić information content (AvgIpc) is 3.10. The highest BCUT2D eigenvalue weighted by Gasteiger charge is 2.19. The van der Waals surface area contributed by atoms with Crippen molar-refractivity contribution >= 4 is 22.9 Å². The lowest BCUT2D eigenvalue weighted by molar-refractivity contribution is -0.117. The van der Waals surface area contributed by atoms with Gasteiger partial charge < -0.3 is 10.1 Å². The van der Waals surface area contributed by atoms with E-state index in [4.69, 9.17) is 4.74 Å². The molecule has 6 heteroatoms. The van der Waals surface area contributed by atoms with Crippen molar-refractivity contribution in [2.45, 2.75) is 13.5 Å². The van der Waals surface area contributed by atoms with Crippen molar-refractivity contribution in [2.24, 2.45) is 0 Å². The van der Waals surface area contributed by atoms with Crippen molar-refractivity contribution in [1.82, 2.24) is 9.80 Å². The Bertz CT molecular complexity index is 695. The van der Waals surface area contributed by atoms with Crippen molar-refractivity contribution in [3.05, 3.63) is 46.2 Å². The van der Waals surface area contributed by atoms with Gasteiger partial charge in [-0.2, -0.15) is 11.3 Å². The molecule has 3 rings (SSSR count). The predicted molar refractivity (Wildman–Crippen MR) is 102 cm³/mol. The van der Waals surface area contributed by atoms with Gasteiger partial charge in [0.2, 0.25) is 5.91 Å². The molecule has 1 aliphatic rings. The highest BCUT2D eigenvalue weighted by molar-refractivity contribution is 7.07. The minimum atomic E-state index is 0.00943. The smallest absolute Gasteiger partial charge is 0.238 e. The molecule has 1 aliphatic heterocycles. The van der Waals surface area contributed by atoms with Crippen molar-refractivity contribution in [3.63, 3.8) is 0 Å². The SMILES string of the molecule is COc1ccc(C)cc1NC(=O)CN1CCN(Cc2ccsc2)CC1. The van der Waals surface area contributed by atoms with E-state index in [0.717, 1.165) is 44.0 Å². The van der Waals surface area contributed by atoms with Crippen LogP contribution in [0.25, 0.3) is 0 Å². The van der Waals surface area contributed by atoms with Gasteiger partial charge in [0.25, 0.3) is 0 Å². The minimum absolute atomic E-state index is 0.00943. The van der Waals surface area contributed by atoms with Crippen molar-refractivity contribution < 1.29 is 9.53 Å². The van der Waals surface area contributed by atoms with Gasteiger partial charge in [0.05, 0.1) is 19.3 Å². The monoisotopic (exact) mass is 359 g/mol. The summed E-state index contributed by atoms with van der Waals surface area (Å²) in [5, 5.41) is 7.30. The highest BCUT2D eigenvalue weighted by atomic mass is 32.1. The minimum Gasteiger partial charge on any atom is -0.495 e. The van der Waals surface area contributed by atoms with Crippen LogP contribution in [0, 0.1) is 6.92 Å². The summed E-state index contributed by atoms with van der Waals surface area (Å²) in [6.07, 6.45) is 0. The zero-order chi connectivity index (χ0) is 17.6. The molecule has 1 saturated heterocycles. The number of nitrogens with zero attached hydrogens (tertiary/aromatic N) is 2. The average molecular weight is 359 g/mol. The molecule has 0 unspecified atom stereocenters. The molecule has 0 aliphatic carbocycles. The third-order valence-corrected chi connectivity index (χ3v) is 5.18. The van der Waals surface area contributed by atoms with Crippen LogP contribution in [0.2, 0.25) is 0 Å². The maximum absolute atomic E-state index is 12.4. The summed E-state index contributed by atoms with van der Waals surface area (Å²) in [6, 6.07) is 7.98. The van der Waals surface area contributed by atoms with Crippen LogP contribution in [0.15, 0.2) is 35.0 Å². The van der Waals surface area contributed by atoms with Crippen LogP contribution in [0.1, 0.15) is 11.1 Å². The molecule has 25 heavy (non-hydrogen) atoms. The number of piperazine rings is 1. The Morgan fingerprint density at radius 1 is 1.20 bits per heavy atom. The zero-order valence-corrected chi connectivity index (χ0v) is 15.6. The first-order chi connectivity index (χ1) is 12.1. The number of rotatable bonds is 6. The van der Waals surface area contributed by atoms with E-state index in [1.807, 2.05) is 25.1 Å². The standard InChI is InChI=1S/C19H25N3O2S/c1-15-3-4-18(24-2)17(11-15)20-19(23)13-22-8-6-21(7-9-22)12-16-5-10-25-14-16/h3-5,10-11,14H,6-9,12-13H2,1-2H3,(H,20,23). The molecule has 0 atom stereocenters. The molecular formula is C19H25N3O2S. The summed E-state index contributed by atoms with van der Waals surface area (Å²) < 4.78 is 5.32. The lowest BCUT2D eigenvalue weighted by Crippen LogP contribution is -2.48. The van der Waals surface area contributed by atoms with Gasteiger partial charge in [0.15, 0.2) is 0 Å². The topological polar surface area (TPSA) is 44.8 Å². The predicted octanol–water partition coefficient (Wildman–Crippen LogP) is 2.82. The molecule has 0 radical (unpaired) electrons. The lowest BCUT2D eigenvalue weighted by atomic mass is 10.2. The molecule has 1 aromatic heterocycles. The van der Waals surface area contributed by atoms with Crippen molar-refractivity contribution in [3.8, 4) is 5.75 Å². The molecular weight excluding hydrogens is 334 g/mol. The summed E-state index contributed by atoms with van der Waals surface area (Å²) in [5.74, 6) is 0.703. The summed E-state index contributed by atoms with van der Waals surface area (Å²) in [7, 11) is 1.62. The number of amides is 1. The Morgan fingerprint density at radius 3 is 2.64 bits per heavy atom. The number of nitrogens with one attached hydrogen (secondary N) is 1. The second-order valence-electron chi connectivity index (χ2n) is 6.44. The van der Waals surface area contributed by atoms with Crippen LogP contribution >= 0.6 is 11.3 Å². The van der Waals surface area contributed by atoms with Crippen LogP contribution in [-0.2, 0) is 11.3 Å². The van der Waals surface area contributed by atoms with E-state index < -0.39 is 0 Å². The second-order valence-corrected chi connectivity index (χ2v) is 7.22. The fraction of sp³-hybridized carbons (Fsp3) is 0.421. The largest absolute Gasteiger partial charge is 0.495 e. The van der Waals surface area contributed by atoms with E-state index in [-0.39, 0.29) is 5.91 Å². The van der Waals surface area contributed by atoms with Gasteiger partial charge in [-0.3, -0.25) is 14.6 Å². The Labute approximate surface area is 153 Å². The van der Waals surface area contributed by atoms with E-state index in [1.54, 1.807) is 18.4 Å². The van der Waals surface area contributed by atoms with Crippen LogP contribution < -0.4 is 10.1 Å². The molecule has 0 bridgehead atoms. The number of anilines is 1. The van der Waals surface area contributed by atoms with E-state index in [9.17, 15) is 4.79 Å². The van der Waals surface area contributed by atoms with Gasteiger partial charge in [-0.05, 0) is 47.0 Å². The molecule has 2 aromatic rings. The second kappa shape index (κ2) is 8.47. The van der Waals surface area contributed by atoms with Gasteiger partial charge in [-0.25, -0.2) is 0 Å². The van der Waals surface area contributed by atoms with Gasteiger partial charge in [-0.15, -0.1) is 0 Å². The van der Waals surface area contributed by atoms with Crippen molar-refractivity contribution in [2.75, 3.05) is 45.2 Å². The highest BCUT2D eigenvalue weighted by Crippen LogP contribution is 2.25. The van der Waals surface area contributed by atoms with Gasteiger partial charge in [-0.1, -0.05) is 6.07 Å². The molecule has 0 spiro atoms.